The number of nitrogens with one attached hydrogen (secondary N) is 1. The molecule has 0 heterocycles. The van der Waals surface area contributed by atoms with Gasteiger partial charge in [-0.2, -0.15) is 0 Å². The molecule has 0 aliphatic heterocycles. The Morgan fingerprint density at radius 1 is 0.919 bits per heavy atom. The zero-order chi connectivity index (χ0) is 27.2. The summed E-state index contributed by atoms with van der Waals surface area (Å²) >= 11 is 0. The Labute approximate surface area is 219 Å². The predicted octanol–water partition coefficient (Wildman–Crippen LogP) is 6.64. The molecule has 0 aromatic heterocycles. The van der Waals surface area contributed by atoms with Gasteiger partial charge in [0.05, 0.1) is 0 Å². The molecule has 3 aromatic carbocycles. The molecular weight excluding hydrogens is 466 g/mol. The van der Waals surface area contributed by atoms with E-state index in [2.05, 4.69) is 43.4 Å². The van der Waals surface area contributed by atoms with Crippen molar-refractivity contribution >= 4 is 11.9 Å². The zero-order valence-electron chi connectivity index (χ0n) is 22.5. The fourth-order valence-electron chi connectivity index (χ4n) is 4.20. The highest BCUT2D eigenvalue weighted by Gasteiger charge is 2.41. The van der Waals surface area contributed by atoms with Gasteiger partial charge in [0.15, 0.2) is 0 Å². The summed E-state index contributed by atoms with van der Waals surface area (Å²) in [5.41, 5.74) is 2.37. The van der Waals surface area contributed by atoms with Gasteiger partial charge >= 0.3 is 5.97 Å². The Bertz CT molecular complexity index is 1220. The molecule has 3 aromatic rings. The number of carbonyl (C=O) groups excluding carboxylic acids is 1. The number of rotatable bonds is 11. The van der Waals surface area contributed by atoms with Crippen molar-refractivity contribution in [3.63, 3.8) is 0 Å². The third-order valence-electron chi connectivity index (χ3n) is 6.57. The molecule has 6 heteroatoms. The van der Waals surface area contributed by atoms with Gasteiger partial charge in [-0.25, -0.2) is 4.79 Å². The lowest BCUT2D eigenvalue weighted by Gasteiger charge is -2.30. The quantitative estimate of drug-likeness (QED) is 0.287. The molecule has 2 atom stereocenters. The molecule has 2 N–H and O–H groups in total. The number of hydrogen-bond acceptors (Lipinski definition) is 4. The maximum absolute atomic E-state index is 13.3. The smallest absolute Gasteiger partial charge is 0.370 e. The second-order valence-electron chi connectivity index (χ2n) is 9.82. The van der Waals surface area contributed by atoms with Gasteiger partial charge in [0.25, 0.3) is 11.6 Å². The lowest BCUT2D eigenvalue weighted by Crippen LogP contribution is -2.58. The fraction of sp³-hybridized carbons (Fsp3) is 0.355. The molecule has 0 saturated carbocycles. The number of aliphatic carboxylic acids is 1. The van der Waals surface area contributed by atoms with Crippen LogP contribution in [0.25, 0.3) is 0 Å². The van der Waals surface area contributed by atoms with Crippen LogP contribution in [0.4, 0.5) is 0 Å². The number of ether oxygens (including phenoxy) is 2. The van der Waals surface area contributed by atoms with Crippen LogP contribution in [0.15, 0.2) is 66.7 Å². The van der Waals surface area contributed by atoms with Crippen molar-refractivity contribution in [3.05, 3.63) is 94.5 Å². The standard InChI is InChI=1S/C31H37NO5/c1-7-31(30(34)35,37-26-11-9-8-10-12-26)32-29(33)27-17-18-28(22(5)21(27)4)36-23(6)25-15-13-24(14-16-25)19-20(2)3/h8-18,20,23H,7,19H2,1-6H3,(H,32,33)(H,34,35). The number of hydrogen-bond donors (Lipinski definition) is 2. The number of carboxylic acids is 1. The van der Waals surface area contributed by atoms with E-state index in [1.54, 1.807) is 49.4 Å². The van der Waals surface area contributed by atoms with Crippen molar-refractivity contribution in [1.82, 2.24) is 5.32 Å². The Balaban J connectivity index is 1.78. The maximum atomic E-state index is 13.3. The average Bonchev–Trinajstić information content (AvgIpc) is 2.86. The zero-order valence-corrected chi connectivity index (χ0v) is 22.5. The number of benzene rings is 3. The van der Waals surface area contributed by atoms with Crippen molar-refractivity contribution in [2.45, 2.75) is 66.2 Å². The van der Waals surface area contributed by atoms with E-state index in [1.807, 2.05) is 20.8 Å². The molecule has 37 heavy (non-hydrogen) atoms. The van der Waals surface area contributed by atoms with E-state index in [-0.39, 0.29) is 12.5 Å². The SMILES string of the molecule is CCC(NC(=O)c1ccc(OC(C)c2ccc(CC(C)C)cc2)c(C)c1C)(Oc1ccccc1)C(=O)O. The molecule has 0 saturated heterocycles. The number of amides is 1. The summed E-state index contributed by atoms with van der Waals surface area (Å²) in [4.78, 5) is 25.5. The van der Waals surface area contributed by atoms with Crippen LogP contribution in [0, 0.1) is 19.8 Å². The highest BCUT2D eigenvalue weighted by molar-refractivity contribution is 5.99. The molecule has 196 valence electrons. The van der Waals surface area contributed by atoms with E-state index in [0.29, 0.717) is 28.5 Å². The number of para-hydroxylation sites is 1. The third kappa shape index (κ3) is 6.70. The highest BCUT2D eigenvalue weighted by Crippen LogP contribution is 2.30. The van der Waals surface area contributed by atoms with Gasteiger partial charge in [-0.1, -0.05) is 63.2 Å². The largest absolute Gasteiger partial charge is 0.486 e. The second-order valence-corrected chi connectivity index (χ2v) is 9.82. The molecule has 0 fully saturated rings. The van der Waals surface area contributed by atoms with E-state index in [4.69, 9.17) is 9.47 Å². The lowest BCUT2D eigenvalue weighted by atomic mass is 9.99. The molecule has 0 aliphatic carbocycles. The minimum absolute atomic E-state index is 0.0374. The third-order valence-corrected chi connectivity index (χ3v) is 6.57. The van der Waals surface area contributed by atoms with Gasteiger partial charge in [0.2, 0.25) is 0 Å². The summed E-state index contributed by atoms with van der Waals surface area (Å²) < 4.78 is 12.0. The normalized spacial score (nSPS) is 13.5. The minimum atomic E-state index is -1.90. The van der Waals surface area contributed by atoms with Gasteiger partial charge in [-0.3, -0.25) is 4.79 Å². The van der Waals surface area contributed by atoms with Crippen molar-refractivity contribution in [1.29, 1.82) is 0 Å². The van der Waals surface area contributed by atoms with Crippen LogP contribution in [0.3, 0.4) is 0 Å². The topological polar surface area (TPSA) is 84.9 Å². The molecule has 6 nitrogen and oxygen atoms in total. The molecule has 1 amide bonds. The summed E-state index contributed by atoms with van der Waals surface area (Å²) in [5, 5.41) is 12.6. The van der Waals surface area contributed by atoms with Gasteiger partial charge < -0.3 is 19.9 Å². The summed E-state index contributed by atoms with van der Waals surface area (Å²) in [6.45, 7) is 11.8. The van der Waals surface area contributed by atoms with Crippen LogP contribution < -0.4 is 14.8 Å². The first-order valence-electron chi connectivity index (χ1n) is 12.7. The monoisotopic (exact) mass is 503 g/mol. The predicted molar refractivity (Wildman–Crippen MR) is 145 cm³/mol. The summed E-state index contributed by atoms with van der Waals surface area (Å²) in [5.74, 6) is -0.164. The highest BCUT2D eigenvalue weighted by atomic mass is 16.5. The van der Waals surface area contributed by atoms with Crippen LogP contribution in [-0.4, -0.2) is 22.7 Å². The van der Waals surface area contributed by atoms with Gasteiger partial charge in [-0.15, -0.1) is 0 Å². The molecule has 0 aliphatic rings. The van der Waals surface area contributed by atoms with E-state index >= 15 is 0 Å². The van der Waals surface area contributed by atoms with Crippen LogP contribution >= 0.6 is 0 Å². The van der Waals surface area contributed by atoms with Crippen LogP contribution in [0.5, 0.6) is 11.5 Å². The molecule has 2 unspecified atom stereocenters. The first kappa shape index (κ1) is 27.8. The van der Waals surface area contributed by atoms with Crippen molar-refractivity contribution < 1.29 is 24.2 Å². The van der Waals surface area contributed by atoms with Crippen molar-refractivity contribution in [2.24, 2.45) is 5.92 Å². The first-order valence-corrected chi connectivity index (χ1v) is 12.7. The Morgan fingerprint density at radius 2 is 1.57 bits per heavy atom. The van der Waals surface area contributed by atoms with E-state index in [1.165, 1.54) is 5.56 Å². The van der Waals surface area contributed by atoms with E-state index in [9.17, 15) is 14.7 Å². The molecular formula is C31H37NO5. The Kier molecular flexibility index (Phi) is 8.98. The van der Waals surface area contributed by atoms with Gasteiger partial charge in [-0.05, 0) is 79.6 Å². The fourth-order valence-corrected chi connectivity index (χ4v) is 4.20. The minimum Gasteiger partial charge on any atom is -0.486 e. The number of carboxylic acid groups (broad SMARTS) is 1. The Morgan fingerprint density at radius 3 is 2.14 bits per heavy atom. The summed E-state index contributed by atoms with van der Waals surface area (Å²) in [6.07, 6.45) is 0.898. The number of carbonyl (C=O) groups is 2. The maximum Gasteiger partial charge on any atom is 0.370 e. The van der Waals surface area contributed by atoms with E-state index in [0.717, 1.165) is 17.5 Å². The van der Waals surface area contributed by atoms with E-state index < -0.39 is 17.6 Å². The average molecular weight is 504 g/mol. The molecule has 0 spiro atoms. The molecule has 3 rings (SSSR count). The first-order chi connectivity index (χ1) is 17.6. The van der Waals surface area contributed by atoms with Crippen LogP contribution in [0.1, 0.15) is 72.8 Å². The molecule has 0 bridgehead atoms. The van der Waals surface area contributed by atoms with Crippen molar-refractivity contribution in [3.8, 4) is 11.5 Å². The van der Waals surface area contributed by atoms with Crippen LogP contribution in [0.2, 0.25) is 0 Å². The second kappa shape index (κ2) is 12.0. The van der Waals surface area contributed by atoms with Crippen LogP contribution in [-0.2, 0) is 11.2 Å². The van der Waals surface area contributed by atoms with Crippen molar-refractivity contribution in [2.75, 3.05) is 0 Å². The summed E-state index contributed by atoms with van der Waals surface area (Å²) in [6, 6.07) is 20.5. The summed E-state index contributed by atoms with van der Waals surface area (Å²) in [7, 11) is 0. The van der Waals surface area contributed by atoms with Gasteiger partial charge in [0.1, 0.15) is 17.6 Å². The molecule has 0 radical (unpaired) electrons. The van der Waals surface area contributed by atoms with Gasteiger partial charge in [0, 0.05) is 12.0 Å². The Hall–Kier alpha value is -3.80. The lowest BCUT2D eigenvalue weighted by molar-refractivity contribution is -0.158.